The second-order valence-electron chi connectivity index (χ2n) is 5.27. The normalized spacial score (nSPS) is 11.3. The standard InChI is InChI=1S/C15H14F3N5O3/c1-3-9-7-11(15(16,17)18)21-14(20-9)22(13(19)24)12-8(2)5-4-6-10(12)23(25)26/h4-7H,3H2,1-2H3,(H2,19,24). The number of nitro groups is 1. The van der Waals surface area contributed by atoms with E-state index in [-0.39, 0.29) is 23.4 Å². The van der Waals surface area contributed by atoms with Gasteiger partial charge in [0.05, 0.1) is 4.92 Å². The molecule has 8 nitrogen and oxygen atoms in total. The van der Waals surface area contributed by atoms with Gasteiger partial charge in [0.2, 0.25) is 5.95 Å². The van der Waals surface area contributed by atoms with Crippen LogP contribution in [0, 0.1) is 17.0 Å². The van der Waals surface area contributed by atoms with E-state index in [0.29, 0.717) is 4.90 Å². The molecular formula is C15H14F3N5O3. The van der Waals surface area contributed by atoms with Gasteiger partial charge in [-0.05, 0) is 25.0 Å². The number of alkyl halides is 3. The molecule has 2 amide bonds. The number of rotatable bonds is 4. The second kappa shape index (κ2) is 6.94. The number of benzene rings is 1. The first-order chi connectivity index (χ1) is 12.1. The molecule has 0 aliphatic rings. The number of hydrogen-bond acceptors (Lipinski definition) is 5. The number of nitrogens with zero attached hydrogens (tertiary/aromatic N) is 4. The molecule has 0 saturated carbocycles. The summed E-state index contributed by atoms with van der Waals surface area (Å²) in [7, 11) is 0. The average molecular weight is 369 g/mol. The molecule has 2 N–H and O–H groups in total. The summed E-state index contributed by atoms with van der Waals surface area (Å²) in [6.45, 7) is 3.02. The Bertz CT molecular complexity index is 870. The molecule has 1 aromatic heterocycles. The topological polar surface area (TPSA) is 115 Å². The minimum absolute atomic E-state index is 0.00446. The number of carbonyl (C=O) groups excluding carboxylic acids is 1. The quantitative estimate of drug-likeness (QED) is 0.654. The van der Waals surface area contributed by atoms with Crippen LogP contribution in [-0.4, -0.2) is 20.9 Å². The average Bonchev–Trinajstić information content (AvgIpc) is 2.55. The zero-order valence-electron chi connectivity index (χ0n) is 13.7. The fourth-order valence-corrected chi connectivity index (χ4v) is 2.30. The van der Waals surface area contributed by atoms with Crippen molar-refractivity contribution in [2.75, 3.05) is 4.90 Å². The Morgan fingerprint density at radius 1 is 1.35 bits per heavy atom. The SMILES string of the molecule is CCc1cc(C(F)(F)F)nc(N(C(N)=O)c2c(C)cccc2[N+](=O)[O-])n1. The Kier molecular flexibility index (Phi) is 5.10. The molecule has 1 heterocycles. The maximum atomic E-state index is 13.1. The molecule has 0 bridgehead atoms. The highest BCUT2D eigenvalue weighted by atomic mass is 19.4. The van der Waals surface area contributed by atoms with E-state index in [4.69, 9.17) is 5.73 Å². The predicted molar refractivity (Wildman–Crippen MR) is 86.0 cm³/mol. The number of para-hydroxylation sites is 1. The number of amides is 2. The molecule has 0 fully saturated rings. The van der Waals surface area contributed by atoms with Crippen molar-refractivity contribution < 1.29 is 22.9 Å². The third-order valence-corrected chi connectivity index (χ3v) is 3.48. The lowest BCUT2D eigenvalue weighted by molar-refractivity contribution is -0.384. The van der Waals surface area contributed by atoms with Crippen molar-refractivity contribution in [3.8, 4) is 0 Å². The highest BCUT2D eigenvalue weighted by Gasteiger charge is 2.36. The van der Waals surface area contributed by atoms with E-state index in [1.807, 2.05) is 0 Å². The third-order valence-electron chi connectivity index (χ3n) is 3.48. The van der Waals surface area contributed by atoms with Gasteiger partial charge >= 0.3 is 12.2 Å². The van der Waals surface area contributed by atoms with Gasteiger partial charge in [-0.25, -0.2) is 19.7 Å². The molecule has 2 aromatic rings. The fourth-order valence-electron chi connectivity index (χ4n) is 2.30. The van der Waals surface area contributed by atoms with Crippen molar-refractivity contribution in [1.82, 2.24) is 9.97 Å². The zero-order valence-corrected chi connectivity index (χ0v) is 13.7. The van der Waals surface area contributed by atoms with Gasteiger partial charge in [0.1, 0.15) is 11.4 Å². The van der Waals surface area contributed by atoms with Crippen LogP contribution >= 0.6 is 0 Å². The van der Waals surface area contributed by atoms with Gasteiger partial charge in [0.25, 0.3) is 5.69 Å². The number of primary amides is 1. The number of nitrogens with two attached hydrogens (primary N) is 1. The highest BCUT2D eigenvalue weighted by molar-refractivity contribution is 5.99. The summed E-state index contributed by atoms with van der Waals surface area (Å²) < 4.78 is 39.3. The number of anilines is 2. The van der Waals surface area contributed by atoms with Crippen molar-refractivity contribution in [1.29, 1.82) is 0 Å². The molecule has 0 aliphatic heterocycles. The molecule has 1 aromatic carbocycles. The number of carbonyl (C=O) groups is 1. The number of nitro benzene ring substituents is 1. The number of aromatic nitrogens is 2. The number of urea groups is 1. The summed E-state index contributed by atoms with van der Waals surface area (Å²) in [5.41, 5.74) is 3.47. The van der Waals surface area contributed by atoms with Crippen molar-refractivity contribution in [3.05, 3.63) is 51.3 Å². The minimum atomic E-state index is -4.79. The van der Waals surface area contributed by atoms with Crippen LogP contribution in [0.25, 0.3) is 0 Å². The summed E-state index contributed by atoms with van der Waals surface area (Å²) in [6, 6.07) is 3.43. The van der Waals surface area contributed by atoms with E-state index in [2.05, 4.69) is 9.97 Å². The Morgan fingerprint density at radius 3 is 2.50 bits per heavy atom. The van der Waals surface area contributed by atoms with Gasteiger partial charge in [-0.15, -0.1) is 0 Å². The van der Waals surface area contributed by atoms with Crippen molar-refractivity contribution >= 4 is 23.4 Å². The molecule has 0 saturated heterocycles. The van der Waals surface area contributed by atoms with Crippen LogP contribution in [0.2, 0.25) is 0 Å². The summed E-state index contributed by atoms with van der Waals surface area (Å²) in [6.07, 6.45) is -4.66. The summed E-state index contributed by atoms with van der Waals surface area (Å²) in [5, 5.41) is 11.3. The van der Waals surface area contributed by atoms with Crippen LogP contribution in [0.1, 0.15) is 23.9 Å². The molecule has 0 radical (unpaired) electrons. The van der Waals surface area contributed by atoms with Crippen LogP contribution < -0.4 is 10.6 Å². The molecule has 0 unspecified atom stereocenters. The number of aryl methyl sites for hydroxylation is 2. The van der Waals surface area contributed by atoms with E-state index in [1.165, 1.54) is 19.1 Å². The van der Waals surface area contributed by atoms with Gasteiger partial charge in [0.15, 0.2) is 0 Å². The molecular weight excluding hydrogens is 355 g/mol. The van der Waals surface area contributed by atoms with E-state index >= 15 is 0 Å². The molecule has 0 spiro atoms. The summed E-state index contributed by atoms with van der Waals surface area (Å²) in [4.78, 5) is 30.2. The maximum absolute atomic E-state index is 13.1. The first-order valence-electron chi connectivity index (χ1n) is 7.35. The van der Waals surface area contributed by atoms with E-state index in [1.54, 1.807) is 6.92 Å². The first kappa shape index (κ1) is 19.1. The smallest absolute Gasteiger partial charge is 0.351 e. The van der Waals surface area contributed by atoms with E-state index < -0.39 is 34.5 Å². The second-order valence-corrected chi connectivity index (χ2v) is 5.27. The molecule has 0 aliphatic carbocycles. The maximum Gasteiger partial charge on any atom is 0.433 e. The predicted octanol–water partition coefficient (Wildman–Crippen LogP) is 3.49. The molecule has 2 rings (SSSR count). The third kappa shape index (κ3) is 3.71. The molecule has 0 atom stereocenters. The van der Waals surface area contributed by atoms with Crippen LogP contribution in [0.15, 0.2) is 24.3 Å². The Balaban J connectivity index is 2.78. The highest BCUT2D eigenvalue weighted by Crippen LogP contribution is 2.36. The minimum Gasteiger partial charge on any atom is -0.351 e. The van der Waals surface area contributed by atoms with Crippen LogP contribution in [0.3, 0.4) is 0 Å². The van der Waals surface area contributed by atoms with E-state index in [0.717, 1.165) is 12.1 Å². The van der Waals surface area contributed by atoms with Gasteiger partial charge in [-0.1, -0.05) is 19.1 Å². The Hall–Kier alpha value is -3.24. The lowest BCUT2D eigenvalue weighted by Gasteiger charge is -2.21. The Morgan fingerprint density at radius 2 is 2.00 bits per heavy atom. The largest absolute Gasteiger partial charge is 0.433 e. The van der Waals surface area contributed by atoms with Crippen molar-refractivity contribution in [2.45, 2.75) is 26.4 Å². The van der Waals surface area contributed by atoms with E-state index in [9.17, 15) is 28.1 Å². The summed E-state index contributed by atoms with van der Waals surface area (Å²) >= 11 is 0. The lowest BCUT2D eigenvalue weighted by Crippen LogP contribution is -2.34. The zero-order chi connectivity index (χ0) is 19.6. The molecule has 11 heteroatoms. The number of hydrogen-bond donors (Lipinski definition) is 1. The van der Waals surface area contributed by atoms with Gasteiger partial charge in [0, 0.05) is 11.8 Å². The van der Waals surface area contributed by atoms with Crippen LogP contribution in [0.4, 0.5) is 35.3 Å². The van der Waals surface area contributed by atoms with Crippen LogP contribution in [0.5, 0.6) is 0 Å². The monoisotopic (exact) mass is 369 g/mol. The fraction of sp³-hybridized carbons (Fsp3) is 0.267. The molecule has 138 valence electrons. The van der Waals surface area contributed by atoms with Crippen molar-refractivity contribution in [2.24, 2.45) is 5.73 Å². The van der Waals surface area contributed by atoms with Gasteiger partial charge in [-0.3, -0.25) is 10.1 Å². The number of halogens is 3. The van der Waals surface area contributed by atoms with Gasteiger partial charge < -0.3 is 5.73 Å². The van der Waals surface area contributed by atoms with Gasteiger partial charge in [-0.2, -0.15) is 13.2 Å². The van der Waals surface area contributed by atoms with Crippen molar-refractivity contribution in [3.63, 3.8) is 0 Å². The Labute approximate surface area is 145 Å². The lowest BCUT2D eigenvalue weighted by atomic mass is 10.1. The van der Waals surface area contributed by atoms with Crippen LogP contribution in [-0.2, 0) is 12.6 Å². The molecule has 26 heavy (non-hydrogen) atoms. The summed E-state index contributed by atoms with van der Waals surface area (Å²) in [5.74, 6) is -0.679. The first-order valence-corrected chi connectivity index (χ1v) is 7.35.